The van der Waals surface area contributed by atoms with E-state index in [0.29, 0.717) is 11.3 Å². The Balaban J connectivity index is 2.78. The summed E-state index contributed by atoms with van der Waals surface area (Å²) in [7, 11) is 1.56. The smallest absolute Gasteiger partial charge is 0.306 e. The molecule has 0 aliphatic rings. The molecule has 1 aromatic carbocycles. The Morgan fingerprint density at radius 2 is 2.07 bits per heavy atom. The van der Waals surface area contributed by atoms with Gasteiger partial charge in [0.1, 0.15) is 11.9 Å². The Morgan fingerprint density at radius 1 is 1.47 bits per heavy atom. The molecule has 0 aliphatic carbocycles. The Morgan fingerprint density at radius 3 is 2.47 bits per heavy atom. The van der Waals surface area contributed by atoms with Gasteiger partial charge >= 0.3 is 5.97 Å². The molecule has 0 amide bonds. The maximum Gasteiger partial charge on any atom is 0.306 e. The zero-order valence-corrected chi connectivity index (χ0v) is 8.34. The lowest BCUT2D eigenvalue weighted by Crippen LogP contribution is -2.13. The fraction of sp³-hybridized carbons (Fsp3) is 0.300. The zero-order chi connectivity index (χ0) is 11.3. The minimum Gasteiger partial charge on any atom is -0.497 e. The molecule has 15 heavy (non-hydrogen) atoms. The van der Waals surface area contributed by atoms with Crippen LogP contribution >= 0.6 is 0 Å². The lowest BCUT2D eigenvalue weighted by Gasteiger charge is -2.12. The van der Waals surface area contributed by atoms with Gasteiger partial charge in [-0.2, -0.15) is 0 Å². The standard InChI is InChI=1S/C10H13NO4/c1-14-8-4-2-7(3-5-8)9(15-11)6-10(12)13/h2-5,9H,6,11H2,1H3,(H,12,13). The lowest BCUT2D eigenvalue weighted by molar-refractivity contribution is -0.140. The second-order valence-electron chi connectivity index (χ2n) is 3.00. The van der Waals surface area contributed by atoms with Gasteiger partial charge in [-0.1, -0.05) is 12.1 Å². The maximum atomic E-state index is 10.5. The molecule has 0 aliphatic heterocycles. The SMILES string of the molecule is COc1ccc(C(CC(=O)O)ON)cc1. The number of carboxylic acids is 1. The highest BCUT2D eigenvalue weighted by Crippen LogP contribution is 2.22. The van der Waals surface area contributed by atoms with Gasteiger partial charge in [-0.25, -0.2) is 5.90 Å². The Hall–Kier alpha value is -1.59. The van der Waals surface area contributed by atoms with E-state index in [-0.39, 0.29) is 6.42 Å². The summed E-state index contributed by atoms with van der Waals surface area (Å²) in [5, 5.41) is 8.62. The first-order chi connectivity index (χ1) is 7.17. The lowest BCUT2D eigenvalue weighted by atomic mass is 10.1. The minimum absolute atomic E-state index is 0.164. The zero-order valence-electron chi connectivity index (χ0n) is 8.34. The van der Waals surface area contributed by atoms with Crippen LogP contribution in [0.4, 0.5) is 0 Å². The van der Waals surface area contributed by atoms with Gasteiger partial charge in [-0.05, 0) is 17.7 Å². The molecule has 1 atom stereocenters. The van der Waals surface area contributed by atoms with Gasteiger partial charge in [-0.15, -0.1) is 0 Å². The van der Waals surface area contributed by atoms with Crippen molar-refractivity contribution in [2.45, 2.75) is 12.5 Å². The molecule has 0 fully saturated rings. The van der Waals surface area contributed by atoms with E-state index in [1.54, 1.807) is 31.4 Å². The minimum atomic E-state index is -0.957. The maximum absolute atomic E-state index is 10.5. The molecule has 0 saturated heterocycles. The molecule has 0 aromatic heterocycles. The van der Waals surface area contributed by atoms with E-state index in [2.05, 4.69) is 4.84 Å². The van der Waals surface area contributed by atoms with Gasteiger partial charge in [-0.3, -0.25) is 9.63 Å². The Labute approximate surface area is 87.4 Å². The van der Waals surface area contributed by atoms with Crippen LogP contribution in [0.3, 0.4) is 0 Å². The topological polar surface area (TPSA) is 81.8 Å². The number of benzene rings is 1. The van der Waals surface area contributed by atoms with Crippen LogP contribution in [0.25, 0.3) is 0 Å². The number of rotatable bonds is 5. The van der Waals surface area contributed by atoms with Gasteiger partial charge in [0.15, 0.2) is 0 Å². The summed E-state index contributed by atoms with van der Waals surface area (Å²) >= 11 is 0. The summed E-state index contributed by atoms with van der Waals surface area (Å²) in [5.41, 5.74) is 0.709. The second kappa shape index (κ2) is 5.33. The molecular formula is C10H13NO4. The summed E-state index contributed by atoms with van der Waals surface area (Å²) in [6, 6.07) is 6.89. The summed E-state index contributed by atoms with van der Waals surface area (Å²) in [5.74, 6) is 4.77. The number of carbonyl (C=O) groups is 1. The molecule has 0 saturated carbocycles. The van der Waals surface area contributed by atoms with Crippen LogP contribution in [0.15, 0.2) is 24.3 Å². The predicted octanol–water partition coefficient (Wildman–Crippen LogP) is 1.10. The predicted molar refractivity (Wildman–Crippen MR) is 53.3 cm³/mol. The third-order valence-electron chi connectivity index (χ3n) is 2.01. The van der Waals surface area contributed by atoms with Crippen LogP contribution in [0.5, 0.6) is 5.75 Å². The van der Waals surface area contributed by atoms with E-state index in [9.17, 15) is 4.79 Å². The molecule has 0 radical (unpaired) electrons. The highest BCUT2D eigenvalue weighted by atomic mass is 16.6. The monoisotopic (exact) mass is 211 g/mol. The largest absolute Gasteiger partial charge is 0.497 e. The fourth-order valence-electron chi connectivity index (χ4n) is 1.22. The van der Waals surface area contributed by atoms with Crippen molar-refractivity contribution in [1.82, 2.24) is 0 Å². The average Bonchev–Trinajstić information content (AvgIpc) is 2.26. The quantitative estimate of drug-likeness (QED) is 0.713. The van der Waals surface area contributed by atoms with Crippen LogP contribution in [0.1, 0.15) is 18.1 Å². The summed E-state index contributed by atoms with van der Waals surface area (Å²) < 4.78 is 4.98. The van der Waals surface area contributed by atoms with Gasteiger partial charge in [0, 0.05) is 0 Å². The Kier molecular flexibility index (Phi) is 4.08. The van der Waals surface area contributed by atoms with E-state index < -0.39 is 12.1 Å². The van der Waals surface area contributed by atoms with Crippen molar-refractivity contribution in [2.24, 2.45) is 5.90 Å². The summed E-state index contributed by atoms with van der Waals surface area (Å²) in [6.07, 6.45) is -0.795. The van der Waals surface area contributed by atoms with Crippen molar-refractivity contribution in [3.05, 3.63) is 29.8 Å². The number of methoxy groups -OCH3 is 1. The number of hydrogen-bond acceptors (Lipinski definition) is 4. The third kappa shape index (κ3) is 3.23. The molecule has 5 nitrogen and oxygen atoms in total. The number of aliphatic carboxylic acids is 1. The molecule has 0 heterocycles. The third-order valence-corrected chi connectivity index (χ3v) is 2.01. The van der Waals surface area contributed by atoms with E-state index in [1.165, 1.54) is 0 Å². The molecule has 3 N–H and O–H groups in total. The first-order valence-corrected chi connectivity index (χ1v) is 4.38. The fourth-order valence-corrected chi connectivity index (χ4v) is 1.22. The van der Waals surface area contributed by atoms with Crippen LogP contribution in [0.2, 0.25) is 0 Å². The van der Waals surface area contributed by atoms with Gasteiger partial charge < -0.3 is 9.84 Å². The van der Waals surface area contributed by atoms with Crippen molar-refractivity contribution in [1.29, 1.82) is 0 Å². The Bertz CT molecular complexity index is 323. The normalized spacial score (nSPS) is 12.1. The van der Waals surface area contributed by atoms with Crippen LogP contribution in [-0.2, 0) is 9.63 Å². The molecule has 0 spiro atoms. The number of ether oxygens (including phenoxy) is 1. The highest BCUT2D eigenvalue weighted by Gasteiger charge is 2.15. The molecular weight excluding hydrogens is 198 g/mol. The van der Waals surface area contributed by atoms with E-state index >= 15 is 0 Å². The van der Waals surface area contributed by atoms with Crippen molar-refractivity contribution >= 4 is 5.97 Å². The molecule has 1 rings (SSSR count). The van der Waals surface area contributed by atoms with Crippen molar-refractivity contribution in [3.8, 4) is 5.75 Å². The highest BCUT2D eigenvalue weighted by molar-refractivity contribution is 5.67. The van der Waals surface area contributed by atoms with Crippen LogP contribution in [0, 0.1) is 0 Å². The number of hydrogen-bond donors (Lipinski definition) is 2. The molecule has 82 valence electrons. The summed E-state index contributed by atoms with van der Waals surface area (Å²) in [4.78, 5) is 15.1. The molecule has 1 aromatic rings. The second-order valence-corrected chi connectivity index (χ2v) is 3.00. The molecule has 5 heteroatoms. The summed E-state index contributed by atoms with van der Waals surface area (Å²) in [6.45, 7) is 0. The van der Waals surface area contributed by atoms with Gasteiger partial charge in [0.2, 0.25) is 0 Å². The van der Waals surface area contributed by atoms with Crippen molar-refractivity contribution in [2.75, 3.05) is 7.11 Å². The van der Waals surface area contributed by atoms with E-state index in [1.807, 2.05) is 0 Å². The van der Waals surface area contributed by atoms with Crippen LogP contribution in [-0.4, -0.2) is 18.2 Å². The van der Waals surface area contributed by atoms with Gasteiger partial charge in [0.25, 0.3) is 0 Å². The first-order valence-electron chi connectivity index (χ1n) is 4.38. The first kappa shape index (κ1) is 11.5. The van der Waals surface area contributed by atoms with E-state index in [0.717, 1.165) is 0 Å². The van der Waals surface area contributed by atoms with E-state index in [4.69, 9.17) is 15.7 Å². The molecule has 1 unspecified atom stereocenters. The van der Waals surface area contributed by atoms with Gasteiger partial charge in [0.05, 0.1) is 13.5 Å². The number of carboxylic acid groups (broad SMARTS) is 1. The van der Waals surface area contributed by atoms with Crippen molar-refractivity contribution < 1.29 is 19.5 Å². The average molecular weight is 211 g/mol. The van der Waals surface area contributed by atoms with Crippen molar-refractivity contribution in [3.63, 3.8) is 0 Å². The number of nitrogens with two attached hydrogens (primary N) is 1. The molecule has 0 bridgehead atoms. The van der Waals surface area contributed by atoms with Crippen LogP contribution < -0.4 is 10.6 Å².